The van der Waals surface area contributed by atoms with Crippen LogP contribution in [-0.2, 0) is 16.1 Å². The zero-order chi connectivity index (χ0) is 15.5. The Hall–Kier alpha value is -1.40. The smallest absolute Gasteiger partial charge is 0.236 e. The first kappa shape index (κ1) is 15.5. The van der Waals surface area contributed by atoms with Crippen molar-refractivity contribution in [2.75, 3.05) is 32.8 Å². The van der Waals surface area contributed by atoms with Gasteiger partial charge in [0.05, 0.1) is 32.0 Å². The van der Waals surface area contributed by atoms with Crippen molar-refractivity contribution in [3.05, 3.63) is 18.0 Å². The van der Waals surface area contributed by atoms with Crippen LogP contribution in [0.4, 0.5) is 0 Å². The summed E-state index contributed by atoms with van der Waals surface area (Å²) in [5.41, 5.74) is 1.18. The maximum absolute atomic E-state index is 12.5. The van der Waals surface area contributed by atoms with E-state index in [0.717, 1.165) is 39.0 Å². The lowest BCUT2D eigenvalue weighted by Crippen LogP contribution is -2.49. The van der Waals surface area contributed by atoms with Gasteiger partial charge in [0.15, 0.2) is 0 Å². The molecular formula is C16H26N4O2. The third-order valence-electron chi connectivity index (χ3n) is 4.59. The molecule has 0 spiro atoms. The second-order valence-corrected chi connectivity index (χ2v) is 6.53. The van der Waals surface area contributed by atoms with E-state index < -0.39 is 0 Å². The highest BCUT2D eigenvalue weighted by molar-refractivity contribution is 5.78. The average Bonchev–Trinajstić information content (AvgIpc) is 3.09. The van der Waals surface area contributed by atoms with Gasteiger partial charge in [0, 0.05) is 25.3 Å². The molecule has 6 nitrogen and oxygen atoms in total. The Morgan fingerprint density at radius 3 is 3.05 bits per heavy atom. The van der Waals surface area contributed by atoms with E-state index in [1.54, 1.807) is 0 Å². The molecule has 1 amide bonds. The van der Waals surface area contributed by atoms with Gasteiger partial charge in [0.1, 0.15) is 0 Å². The van der Waals surface area contributed by atoms with Crippen molar-refractivity contribution in [3.8, 4) is 0 Å². The Kier molecular flexibility index (Phi) is 4.78. The van der Waals surface area contributed by atoms with Crippen molar-refractivity contribution in [1.29, 1.82) is 0 Å². The van der Waals surface area contributed by atoms with E-state index in [1.807, 2.05) is 22.7 Å². The summed E-state index contributed by atoms with van der Waals surface area (Å²) in [5.74, 6) is 0.235. The molecule has 0 aliphatic carbocycles. The Morgan fingerprint density at radius 1 is 1.45 bits per heavy atom. The molecule has 2 fully saturated rings. The summed E-state index contributed by atoms with van der Waals surface area (Å²) >= 11 is 0. The number of likely N-dealkylation sites (tertiary alicyclic amines) is 1. The summed E-state index contributed by atoms with van der Waals surface area (Å²) in [6.45, 7) is 8.59. The fourth-order valence-electron chi connectivity index (χ4n) is 3.41. The summed E-state index contributed by atoms with van der Waals surface area (Å²) in [7, 11) is 0. The molecular weight excluding hydrogens is 280 g/mol. The predicted octanol–water partition coefficient (Wildman–Crippen LogP) is 0.903. The van der Waals surface area contributed by atoms with Gasteiger partial charge in [-0.1, -0.05) is 0 Å². The molecule has 0 radical (unpaired) electrons. The van der Waals surface area contributed by atoms with Crippen molar-refractivity contribution >= 4 is 5.91 Å². The number of ether oxygens (including phenoxy) is 1. The molecule has 0 N–H and O–H groups in total. The molecule has 3 heterocycles. The molecule has 0 saturated carbocycles. The van der Waals surface area contributed by atoms with Gasteiger partial charge in [-0.2, -0.15) is 5.10 Å². The van der Waals surface area contributed by atoms with Crippen molar-refractivity contribution in [2.24, 2.45) is 0 Å². The van der Waals surface area contributed by atoms with E-state index in [1.165, 1.54) is 5.56 Å². The molecule has 122 valence electrons. The van der Waals surface area contributed by atoms with Gasteiger partial charge in [0.25, 0.3) is 0 Å². The van der Waals surface area contributed by atoms with Crippen LogP contribution in [0.5, 0.6) is 0 Å². The zero-order valence-electron chi connectivity index (χ0n) is 13.6. The topological polar surface area (TPSA) is 50.6 Å². The first-order valence-corrected chi connectivity index (χ1v) is 8.24. The number of aryl methyl sites for hydroxylation is 1. The van der Waals surface area contributed by atoms with Gasteiger partial charge in [-0.25, -0.2) is 0 Å². The van der Waals surface area contributed by atoms with E-state index in [0.29, 0.717) is 19.2 Å². The van der Waals surface area contributed by atoms with E-state index in [9.17, 15) is 4.79 Å². The second kappa shape index (κ2) is 6.79. The Morgan fingerprint density at radius 2 is 2.32 bits per heavy atom. The van der Waals surface area contributed by atoms with Crippen LogP contribution in [-0.4, -0.2) is 70.4 Å². The van der Waals surface area contributed by atoms with Crippen molar-refractivity contribution in [3.63, 3.8) is 0 Å². The van der Waals surface area contributed by atoms with Crippen LogP contribution < -0.4 is 0 Å². The molecule has 3 rings (SSSR count). The number of aromatic nitrogens is 2. The average molecular weight is 306 g/mol. The molecule has 2 aliphatic heterocycles. The van der Waals surface area contributed by atoms with Gasteiger partial charge >= 0.3 is 0 Å². The number of hydrogen-bond donors (Lipinski definition) is 0. The molecule has 2 aliphatic rings. The lowest BCUT2D eigenvalue weighted by Gasteiger charge is -2.33. The summed E-state index contributed by atoms with van der Waals surface area (Å²) in [6.07, 6.45) is 6.42. The summed E-state index contributed by atoms with van der Waals surface area (Å²) in [6, 6.07) is 0.418. The van der Waals surface area contributed by atoms with Gasteiger partial charge in [-0.3, -0.25) is 14.4 Å². The van der Waals surface area contributed by atoms with Crippen LogP contribution in [0.1, 0.15) is 25.3 Å². The van der Waals surface area contributed by atoms with Crippen LogP contribution in [0.3, 0.4) is 0 Å². The Balaban J connectivity index is 1.55. The standard InChI is InChI=1S/C16H26N4O2/c1-13-8-17-20(9-13)11-15-4-3-5-18(15)12-16(21)19-6-7-22-14(2)10-19/h8-9,14-15H,3-7,10-12H2,1-2H3/t14-,15+/m1/s1. The van der Waals surface area contributed by atoms with E-state index in [-0.39, 0.29) is 12.0 Å². The molecule has 2 atom stereocenters. The fourth-order valence-corrected chi connectivity index (χ4v) is 3.41. The number of hydrogen-bond acceptors (Lipinski definition) is 4. The van der Waals surface area contributed by atoms with Crippen LogP contribution in [0.2, 0.25) is 0 Å². The molecule has 22 heavy (non-hydrogen) atoms. The van der Waals surface area contributed by atoms with Gasteiger partial charge in [0.2, 0.25) is 5.91 Å². The monoisotopic (exact) mass is 306 g/mol. The third-order valence-corrected chi connectivity index (χ3v) is 4.59. The van der Waals surface area contributed by atoms with Gasteiger partial charge in [-0.05, 0) is 38.8 Å². The highest BCUT2D eigenvalue weighted by atomic mass is 16.5. The number of carbonyl (C=O) groups is 1. The highest BCUT2D eigenvalue weighted by Crippen LogP contribution is 2.19. The molecule has 1 aromatic heterocycles. The van der Waals surface area contributed by atoms with E-state index in [4.69, 9.17) is 4.74 Å². The van der Waals surface area contributed by atoms with E-state index >= 15 is 0 Å². The number of nitrogens with zero attached hydrogens (tertiary/aromatic N) is 4. The molecule has 2 saturated heterocycles. The number of morpholine rings is 1. The molecule has 0 unspecified atom stereocenters. The van der Waals surface area contributed by atoms with Crippen LogP contribution in [0.15, 0.2) is 12.4 Å². The van der Waals surface area contributed by atoms with Crippen molar-refractivity contribution in [1.82, 2.24) is 19.6 Å². The quantitative estimate of drug-likeness (QED) is 0.829. The third kappa shape index (κ3) is 3.67. The van der Waals surface area contributed by atoms with Crippen LogP contribution in [0, 0.1) is 6.92 Å². The minimum atomic E-state index is 0.152. The highest BCUT2D eigenvalue weighted by Gasteiger charge is 2.29. The number of amides is 1. The fraction of sp³-hybridized carbons (Fsp3) is 0.750. The Labute approximate surface area is 132 Å². The normalized spacial score (nSPS) is 26.5. The molecule has 1 aromatic rings. The molecule has 6 heteroatoms. The number of carbonyl (C=O) groups excluding carboxylic acids is 1. The maximum atomic E-state index is 12.5. The lowest BCUT2D eigenvalue weighted by molar-refractivity contribution is -0.139. The van der Waals surface area contributed by atoms with Crippen molar-refractivity contribution in [2.45, 2.75) is 45.4 Å². The van der Waals surface area contributed by atoms with Crippen LogP contribution in [0.25, 0.3) is 0 Å². The minimum Gasteiger partial charge on any atom is -0.375 e. The largest absolute Gasteiger partial charge is 0.375 e. The lowest BCUT2D eigenvalue weighted by atomic mass is 10.2. The minimum absolute atomic E-state index is 0.152. The first-order valence-electron chi connectivity index (χ1n) is 8.24. The SMILES string of the molecule is Cc1cnn(C[C@@H]2CCCN2CC(=O)N2CCO[C@H](C)C2)c1. The number of rotatable bonds is 4. The van der Waals surface area contributed by atoms with Gasteiger partial charge in [-0.15, -0.1) is 0 Å². The summed E-state index contributed by atoms with van der Waals surface area (Å²) < 4.78 is 7.51. The van der Waals surface area contributed by atoms with E-state index in [2.05, 4.69) is 23.1 Å². The first-order chi connectivity index (χ1) is 10.6. The van der Waals surface area contributed by atoms with Gasteiger partial charge < -0.3 is 9.64 Å². The predicted molar refractivity (Wildman–Crippen MR) is 83.6 cm³/mol. The zero-order valence-corrected chi connectivity index (χ0v) is 13.6. The Bertz CT molecular complexity index is 516. The second-order valence-electron chi connectivity index (χ2n) is 6.53. The maximum Gasteiger partial charge on any atom is 0.236 e. The molecule has 0 bridgehead atoms. The summed E-state index contributed by atoms with van der Waals surface area (Å²) in [5, 5.41) is 4.37. The van der Waals surface area contributed by atoms with Crippen molar-refractivity contribution < 1.29 is 9.53 Å². The molecule has 0 aromatic carbocycles. The van der Waals surface area contributed by atoms with Crippen LogP contribution >= 0.6 is 0 Å². The summed E-state index contributed by atoms with van der Waals surface area (Å²) in [4.78, 5) is 16.8.